The number of carbonyl (C=O) groups is 1. The van der Waals surface area contributed by atoms with Crippen LogP contribution in [0.25, 0.3) is 0 Å². The van der Waals surface area contributed by atoms with Gasteiger partial charge in [0.1, 0.15) is 0 Å². The maximum Gasteiger partial charge on any atom is 0.254 e. The van der Waals surface area contributed by atoms with Crippen LogP contribution in [-0.4, -0.2) is 29.4 Å². The summed E-state index contributed by atoms with van der Waals surface area (Å²) in [6.45, 7) is 2.84. The van der Waals surface area contributed by atoms with Crippen LogP contribution in [0.3, 0.4) is 0 Å². The molecule has 1 aromatic carbocycles. The smallest absolute Gasteiger partial charge is 0.254 e. The molecular weight excluding hydrogens is 276 g/mol. The Morgan fingerprint density at radius 2 is 2.09 bits per heavy atom. The Hall–Kier alpha value is -2.36. The Balaban J connectivity index is 1.89. The molecule has 1 saturated heterocycles. The predicted molar refractivity (Wildman–Crippen MR) is 85.0 cm³/mol. The maximum absolute atomic E-state index is 12.7. The van der Waals surface area contributed by atoms with Crippen molar-refractivity contribution < 1.29 is 9.53 Å². The van der Waals surface area contributed by atoms with Gasteiger partial charge in [-0.1, -0.05) is 18.2 Å². The van der Waals surface area contributed by atoms with E-state index in [9.17, 15) is 4.79 Å². The predicted octanol–water partition coefficient (Wildman–Crippen LogP) is 3.38. The molecule has 1 aliphatic rings. The van der Waals surface area contributed by atoms with Gasteiger partial charge in [0.25, 0.3) is 5.91 Å². The lowest BCUT2D eigenvalue weighted by molar-refractivity contribution is 0.0735. The minimum Gasteiger partial charge on any atom is -0.481 e. The van der Waals surface area contributed by atoms with Crippen LogP contribution in [0.2, 0.25) is 0 Å². The number of ether oxygens (including phenoxy) is 1. The largest absolute Gasteiger partial charge is 0.481 e. The molecule has 0 saturated carbocycles. The normalized spacial score (nSPS) is 17.5. The van der Waals surface area contributed by atoms with Gasteiger partial charge in [-0.2, -0.15) is 0 Å². The molecule has 2 aromatic rings. The van der Waals surface area contributed by atoms with Crippen molar-refractivity contribution in [1.29, 1.82) is 0 Å². The monoisotopic (exact) mass is 296 g/mol. The first-order chi connectivity index (χ1) is 10.7. The number of benzene rings is 1. The number of methoxy groups -OCH3 is 1. The summed E-state index contributed by atoms with van der Waals surface area (Å²) in [7, 11) is 1.61. The first kappa shape index (κ1) is 14.6. The second-order valence-corrected chi connectivity index (χ2v) is 5.61. The van der Waals surface area contributed by atoms with Crippen molar-refractivity contribution in [2.45, 2.75) is 25.8 Å². The summed E-state index contributed by atoms with van der Waals surface area (Å²) in [6.07, 6.45) is 3.84. The SMILES string of the molecule is COc1cc(C)c([C@H]2CCCN2C(=O)c2ccccc2)cn1. The van der Waals surface area contributed by atoms with Crippen LogP contribution in [0.1, 0.15) is 40.4 Å². The third-order valence-corrected chi connectivity index (χ3v) is 4.23. The molecule has 1 amide bonds. The summed E-state index contributed by atoms with van der Waals surface area (Å²) < 4.78 is 5.16. The number of nitrogens with zero attached hydrogens (tertiary/aromatic N) is 2. The van der Waals surface area contributed by atoms with Gasteiger partial charge in [0, 0.05) is 24.4 Å². The van der Waals surface area contributed by atoms with E-state index in [0.717, 1.165) is 36.1 Å². The molecule has 0 N–H and O–H groups in total. The van der Waals surface area contributed by atoms with E-state index in [1.165, 1.54) is 0 Å². The minimum absolute atomic E-state index is 0.0957. The Bertz CT molecular complexity index is 670. The molecule has 4 heteroatoms. The van der Waals surface area contributed by atoms with Gasteiger partial charge in [-0.15, -0.1) is 0 Å². The number of hydrogen-bond acceptors (Lipinski definition) is 3. The summed E-state index contributed by atoms with van der Waals surface area (Å²) in [5.74, 6) is 0.707. The quantitative estimate of drug-likeness (QED) is 0.872. The van der Waals surface area contributed by atoms with Crippen LogP contribution < -0.4 is 4.74 Å². The fourth-order valence-corrected chi connectivity index (χ4v) is 3.08. The summed E-state index contributed by atoms with van der Waals surface area (Å²) in [6, 6.07) is 11.5. The molecule has 2 heterocycles. The van der Waals surface area contributed by atoms with E-state index < -0.39 is 0 Å². The van der Waals surface area contributed by atoms with Crippen molar-refractivity contribution in [1.82, 2.24) is 9.88 Å². The first-order valence-corrected chi connectivity index (χ1v) is 7.57. The van der Waals surface area contributed by atoms with Gasteiger partial charge in [-0.3, -0.25) is 4.79 Å². The topological polar surface area (TPSA) is 42.4 Å². The van der Waals surface area contributed by atoms with Gasteiger partial charge >= 0.3 is 0 Å². The standard InChI is InChI=1S/C18H20N2O2/c1-13-11-17(22-2)19-12-15(13)16-9-6-10-20(16)18(21)14-7-4-3-5-8-14/h3-5,7-8,11-12,16H,6,9-10H2,1-2H3/t16-/m1/s1. The van der Waals surface area contributed by atoms with Crippen molar-refractivity contribution in [2.24, 2.45) is 0 Å². The van der Waals surface area contributed by atoms with Crippen molar-refractivity contribution in [3.8, 4) is 5.88 Å². The molecule has 22 heavy (non-hydrogen) atoms. The molecule has 1 aromatic heterocycles. The number of hydrogen-bond donors (Lipinski definition) is 0. The van der Waals surface area contributed by atoms with E-state index in [-0.39, 0.29) is 11.9 Å². The average molecular weight is 296 g/mol. The second kappa shape index (κ2) is 6.18. The van der Waals surface area contributed by atoms with Crippen molar-refractivity contribution >= 4 is 5.91 Å². The molecule has 0 aliphatic carbocycles. The molecule has 0 bridgehead atoms. The molecule has 0 radical (unpaired) electrons. The van der Waals surface area contributed by atoms with E-state index >= 15 is 0 Å². The van der Waals surface area contributed by atoms with Crippen LogP contribution in [0.15, 0.2) is 42.6 Å². The molecule has 0 spiro atoms. The highest BCUT2D eigenvalue weighted by Gasteiger charge is 2.31. The number of pyridine rings is 1. The minimum atomic E-state index is 0.0957. The fourth-order valence-electron chi connectivity index (χ4n) is 3.08. The molecule has 1 fully saturated rings. The van der Waals surface area contributed by atoms with Gasteiger partial charge in [0.15, 0.2) is 0 Å². The zero-order chi connectivity index (χ0) is 15.5. The van der Waals surface area contributed by atoms with Gasteiger partial charge in [0.05, 0.1) is 13.2 Å². The second-order valence-electron chi connectivity index (χ2n) is 5.61. The highest BCUT2D eigenvalue weighted by Crippen LogP contribution is 2.35. The van der Waals surface area contributed by atoms with Crippen LogP contribution in [0.4, 0.5) is 0 Å². The molecule has 1 aliphatic heterocycles. The number of amides is 1. The zero-order valence-corrected chi connectivity index (χ0v) is 13.0. The van der Waals surface area contributed by atoms with Gasteiger partial charge in [-0.25, -0.2) is 4.98 Å². The van der Waals surface area contributed by atoms with E-state index in [1.807, 2.05) is 54.4 Å². The van der Waals surface area contributed by atoms with Crippen LogP contribution >= 0.6 is 0 Å². The van der Waals surface area contributed by atoms with E-state index in [0.29, 0.717) is 5.88 Å². The molecule has 0 unspecified atom stereocenters. The molecule has 4 nitrogen and oxygen atoms in total. The number of carbonyl (C=O) groups excluding carboxylic acids is 1. The highest BCUT2D eigenvalue weighted by molar-refractivity contribution is 5.94. The molecule has 114 valence electrons. The molecule has 3 rings (SSSR count). The lowest BCUT2D eigenvalue weighted by Gasteiger charge is -2.26. The summed E-state index contributed by atoms with van der Waals surface area (Å²) >= 11 is 0. The summed E-state index contributed by atoms with van der Waals surface area (Å²) in [4.78, 5) is 19.0. The summed E-state index contributed by atoms with van der Waals surface area (Å²) in [5.41, 5.74) is 2.97. The first-order valence-electron chi connectivity index (χ1n) is 7.57. The summed E-state index contributed by atoms with van der Waals surface area (Å²) in [5, 5.41) is 0. The number of rotatable bonds is 3. The Labute approximate surface area is 130 Å². The number of likely N-dealkylation sites (tertiary alicyclic amines) is 1. The fraction of sp³-hybridized carbons (Fsp3) is 0.333. The Kier molecular flexibility index (Phi) is 4.09. The third-order valence-electron chi connectivity index (χ3n) is 4.23. The van der Waals surface area contributed by atoms with Gasteiger partial charge in [0.2, 0.25) is 5.88 Å². The highest BCUT2D eigenvalue weighted by atomic mass is 16.5. The van der Waals surface area contributed by atoms with Crippen LogP contribution in [0.5, 0.6) is 5.88 Å². The van der Waals surface area contributed by atoms with Crippen LogP contribution in [0, 0.1) is 6.92 Å². The zero-order valence-electron chi connectivity index (χ0n) is 13.0. The lowest BCUT2D eigenvalue weighted by Crippen LogP contribution is -2.30. The average Bonchev–Trinajstić information content (AvgIpc) is 3.04. The molecular formula is C18H20N2O2. The lowest BCUT2D eigenvalue weighted by atomic mass is 10.0. The van der Waals surface area contributed by atoms with E-state index in [4.69, 9.17) is 4.74 Å². The van der Waals surface area contributed by atoms with Crippen LogP contribution in [-0.2, 0) is 0 Å². The maximum atomic E-state index is 12.7. The van der Waals surface area contributed by atoms with Crippen molar-refractivity contribution in [3.05, 3.63) is 59.3 Å². The Morgan fingerprint density at radius 1 is 1.32 bits per heavy atom. The van der Waals surface area contributed by atoms with Gasteiger partial charge in [-0.05, 0) is 43.0 Å². The van der Waals surface area contributed by atoms with Gasteiger partial charge < -0.3 is 9.64 Å². The third kappa shape index (κ3) is 2.69. The van der Waals surface area contributed by atoms with Crippen molar-refractivity contribution in [2.75, 3.05) is 13.7 Å². The van der Waals surface area contributed by atoms with Crippen molar-refractivity contribution in [3.63, 3.8) is 0 Å². The molecule has 1 atom stereocenters. The number of aromatic nitrogens is 1. The number of aryl methyl sites for hydroxylation is 1. The Morgan fingerprint density at radius 3 is 2.77 bits per heavy atom. The van der Waals surface area contributed by atoms with E-state index in [1.54, 1.807) is 7.11 Å². The van der Waals surface area contributed by atoms with E-state index in [2.05, 4.69) is 4.98 Å².